The number of ether oxygens (including phenoxy) is 2. The van der Waals surface area contributed by atoms with E-state index in [-0.39, 0.29) is 18.8 Å². The first-order valence-electron chi connectivity index (χ1n) is 6.44. The molecule has 21 heavy (non-hydrogen) atoms. The largest absolute Gasteiger partial charge is 0.419 e. The molecule has 1 aliphatic heterocycles. The van der Waals surface area contributed by atoms with Gasteiger partial charge in [-0.25, -0.2) is 0 Å². The highest BCUT2D eigenvalue weighted by Crippen LogP contribution is 2.34. The Morgan fingerprint density at radius 1 is 1.52 bits per heavy atom. The second-order valence-corrected chi connectivity index (χ2v) is 5.23. The van der Waals surface area contributed by atoms with Crippen LogP contribution in [0.5, 0.6) is 0 Å². The van der Waals surface area contributed by atoms with Crippen molar-refractivity contribution in [1.29, 1.82) is 0 Å². The fraction of sp³-hybridized carbons (Fsp3) is 0.615. The van der Waals surface area contributed by atoms with E-state index in [0.717, 1.165) is 6.20 Å². The number of anilines is 1. The van der Waals surface area contributed by atoms with E-state index >= 15 is 0 Å². The minimum atomic E-state index is -4.50. The summed E-state index contributed by atoms with van der Waals surface area (Å²) in [7, 11) is 0. The van der Waals surface area contributed by atoms with Gasteiger partial charge in [-0.15, -0.1) is 0 Å². The number of rotatable bonds is 4. The first-order valence-corrected chi connectivity index (χ1v) is 6.44. The number of aromatic nitrogens is 1. The summed E-state index contributed by atoms with van der Waals surface area (Å²) in [5.74, 6) is -0.792. The summed E-state index contributed by atoms with van der Waals surface area (Å²) >= 11 is 0. The standard InChI is InChI=1S/C13H17F3N2O3/c1-12(2)20-7-11(21-12)10(19)6-18-9-3-4-17-5-8(9)13(14,15)16/h3-5,10-11,19H,6-7H2,1-2H3,(H,17,18)/t10?,11-/m1/s1. The number of nitrogens with one attached hydrogen (secondary N) is 1. The smallest absolute Gasteiger partial charge is 0.388 e. The van der Waals surface area contributed by atoms with Crippen molar-refractivity contribution in [3.8, 4) is 0 Å². The van der Waals surface area contributed by atoms with Crippen molar-refractivity contribution in [2.45, 2.75) is 38.0 Å². The second kappa shape index (κ2) is 5.78. The number of hydrogen-bond acceptors (Lipinski definition) is 5. The molecule has 118 valence electrons. The van der Waals surface area contributed by atoms with Gasteiger partial charge in [0.15, 0.2) is 5.79 Å². The molecule has 2 heterocycles. The molecule has 0 spiro atoms. The Morgan fingerprint density at radius 2 is 2.24 bits per heavy atom. The minimum absolute atomic E-state index is 0.0861. The van der Waals surface area contributed by atoms with E-state index in [4.69, 9.17) is 9.47 Å². The zero-order chi connectivity index (χ0) is 15.7. The maximum Gasteiger partial charge on any atom is 0.419 e. The first kappa shape index (κ1) is 16.0. The van der Waals surface area contributed by atoms with Crippen LogP contribution >= 0.6 is 0 Å². The van der Waals surface area contributed by atoms with Gasteiger partial charge < -0.3 is 19.9 Å². The lowest BCUT2D eigenvalue weighted by atomic mass is 10.2. The van der Waals surface area contributed by atoms with Crippen molar-refractivity contribution in [2.75, 3.05) is 18.5 Å². The van der Waals surface area contributed by atoms with Gasteiger partial charge >= 0.3 is 6.18 Å². The molecule has 8 heteroatoms. The number of alkyl halides is 3. The van der Waals surface area contributed by atoms with Crippen LogP contribution in [0.3, 0.4) is 0 Å². The van der Waals surface area contributed by atoms with Gasteiger partial charge in [0.1, 0.15) is 6.10 Å². The molecule has 1 fully saturated rings. The highest BCUT2D eigenvalue weighted by atomic mass is 19.4. The third kappa shape index (κ3) is 4.05. The molecule has 0 aliphatic carbocycles. The van der Waals surface area contributed by atoms with Crippen molar-refractivity contribution in [1.82, 2.24) is 4.98 Å². The van der Waals surface area contributed by atoms with Crippen LogP contribution in [0, 0.1) is 0 Å². The van der Waals surface area contributed by atoms with Gasteiger partial charge in [-0.1, -0.05) is 0 Å². The molecule has 1 aliphatic rings. The van der Waals surface area contributed by atoms with Crippen molar-refractivity contribution >= 4 is 5.69 Å². The number of nitrogens with zero attached hydrogens (tertiary/aromatic N) is 1. The number of hydrogen-bond donors (Lipinski definition) is 2. The van der Waals surface area contributed by atoms with Crippen molar-refractivity contribution < 1.29 is 27.8 Å². The zero-order valence-electron chi connectivity index (χ0n) is 11.6. The van der Waals surface area contributed by atoms with Crippen LogP contribution in [0.1, 0.15) is 19.4 Å². The highest BCUT2D eigenvalue weighted by Gasteiger charge is 2.37. The van der Waals surface area contributed by atoms with Crippen LogP contribution in [-0.4, -0.2) is 41.2 Å². The van der Waals surface area contributed by atoms with Crippen LogP contribution in [-0.2, 0) is 15.7 Å². The predicted octanol–water partition coefficient (Wildman–Crippen LogP) is 2.02. The van der Waals surface area contributed by atoms with Crippen molar-refractivity contribution in [3.63, 3.8) is 0 Å². The molecule has 2 rings (SSSR count). The molecule has 0 amide bonds. The topological polar surface area (TPSA) is 63.6 Å². The lowest BCUT2D eigenvalue weighted by Gasteiger charge is -2.21. The summed E-state index contributed by atoms with van der Waals surface area (Å²) in [6.07, 6.45) is -4.07. The van der Waals surface area contributed by atoms with Crippen LogP contribution in [0.2, 0.25) is 0 Å². The molecule has 2 N–H and O–H groups in total. The van der Waals surface area contributed by atoms with Crippen LogP contribution < -0.4 is 5.32 Å². The Bertz CT molecular complexity index is 494. The quantitative estimate of drug-likeness (QED) is 0.891. The second-order valence-electron chi connectivity index (χ2n) is 5.23. The van der Waals surface area contributed by atoms with Gasteiger partial charge in [0.2, 0.25) is 0 Å². The van der Waals surface area contributed by atoms with Crippen molar-refractivity contribution in [2.24, 2.45) is 0 Å². The number of pyridine rings is 1. The van der Waals surface area contributed by atoms with Gasteiger partial charge in [-0.3, -0.25) is 4.98 Å². The molecule has 1 saturated heterocycles. The minimum Gasteiger partial charge on any atom is -0.388 e. The molecule has 1 aromatic heterocycles. The van der Waals surface area contributed by atoms with E-state index in [1.807, 2.05) is 0 Å². The molecular formula is C13H17F3N2O3. The molecule has 1 unspecified atom stereocenters. The third-order valence-electron chi connectivity index (χ3n) is 3.09. The summed E-state index contributed by atoms with van der Waals surface area (Å²) in [5, 5.41) is 12.6. The summed E-state index contributed by atoms with van der Waals surface area (Å²) < 4.78 is 49.1. The van der Waals surface area contributed by atoms with Gasteiger partial charge in [0, 0.05) is 24.6 Å². The summed E-state index contributed by atoms with van der Waals surface area (Å²) in [4.78, 5) is 3.47. The SMILES string of the molecule is CC1(C)OC[C@H](C(O)CNc2ccncc2C(F)(F)F)O1. The Kier molecular flexibility index (Phi) is 4.40. The van der Waals surface area contributed by atoms with Crippen LogP contribution in [0.15, 0.2) is 18.5 Å². The molecule has 1 aromatic rings. The van der Waals surface area contributed by atoms with Crippen LogP contribution in [0.25, 0.3) is 0 Å². The predicted molar refractivity (Wildman–Crippen MR) is 68.6 cm³/mol. The Labute approximate surface area is 120 Å². The van der Waals surface area contributed by atoms with E-state index in [2.05, 4.69) is 10.3 Å². The average molecular weight is 306 g/mol. The lowest BCUT2D eigenvalue weighted by molar-refractivity contribution is -0.149. The monoisotopic (exact) mass is 306 g/mol. The Hall–Kier alpha value is -1.38. The van der Waals surface area contributed by atoms with Gasteiger partial charge in [0.05, 0.1) is 18.3 Å². The van der Waals surface area contributed by atoms with Crippen molar-refractivity contribution in [3.05, 3.63) is 24.0 Å². The average Bonchev–Trinajstić information content (AvgIpc) is 2.76. The fourth-order valence-corrected chi connectivity index (χ4v) is 2.03. The molecule has 0 aromatic carbocycles. The molecule has 5 nitrogen and oxygen atoms in total. The summed E-state index contributed by atoms with van der Waals surface area (Å²) in [6, 6.07) is 1.21. The maximum absolute atomic E-state index is 12.8. The zero-order valence-corrected chi connectivity index (χ0v) is 11.6. The molecular weight excluding hydrogens is 289 g/mol. The molecule has 0 saturated carbocycles. The van der Waals surface area contributed by atoms with E-state index < -0.39 is 29.7 Å². The molecule has 2 atom stereocenters. The Balaban J connectivity index is 1.98. The number of aliphatic hydroxyl groups is 1. The van der Waals surface area contributed by atoms with E-state index in [1.54, 1.807) is 13.8 Å². The lowest BCUT2D eigenvalue weighted by Crippen LogP contribution is -2.36. The van der Waals surface area contributed by atoms with Gasteiger partial charge in [-0.05, 0) is 19.9 Å². The van der Waals surface area contributed by atoms with E-state index in [9.17, 15) is 18.3 Å². The van der Waals surface area contributed by atoms with Gasteiger partial charge in [0.25, 0.3) is 0 Å². The molecule has 0 bridgehead atoms. The highest BCUT2D eigenvalue weighted by molar-refractivity contribution is 5.51. The maximum atomic E-state index is 12.8. The number of aliphatic hydroxyl groups excluding tert-OH is 1. The van der Waals surface area contributed by atoms with Crippen LogP contribution in [0.4, 0.5) is 18.9 Å². The summed E-state index contributed by atoms with van der Waals surface area (Å²) in [5.41, 5.74) is -1.00. The van der Waals surface area contributed by atoms with E-state index in [1.165, 1.54) is 12.3 Å². The van der Waals surface area contributed by atoms with Gasteiger partial charge in [-0.2, -0.15) is 13.2 Å². The molecule has 0 radical (unpaired) electrons. The van der Waals surface area contributed by atoms with E-state index in [0.29, 0.717) is 0 Å². The summed E-state index contributed by atoms with van der Waals surface area (Å²) in [6.45, 7) is 3.52. The normalized spacial score (nSPS) is 23.0. The fourth-order valence-electron chi connectivity index (χ4n) is 2.03. The number of halogens is 3. The first-order chi connectivity index (χ1) is 9.69. The third-order valence-corrected chi connectivity index (χ3v) is 3.09. The Morgan fingerprint density at radius 3 is 2.81 bits per heavy atom.